The van der Waals surface area contributed by atoms with E-state index in [0.717, 1.165) is 12.2 Å². The number of aryl methyl sites for hydroxylation is 1. The van der Waals surface area contributed by atoms with Crippen LogP contribution in [0.3, 0.4) is 0 Å². The highest BCUT2D eigenvalue weighted by molar-refractivity contribution is 7.52. The lowest BCUT2D eigenvalue weighted by Gasteiger charge is -2.14. The van der Waals surface area contributed by atoms with Gasteiger partial charge in [-0.05, 0) is 24.1 Å². The van der Waals surface area contributed by atoms with Crippen LogP contribution in [0.1, 0.15) is 28.4 Å². The van der Waals surface area contributed by atoms with Gasteiger partial charge in [0.1, 0.15) is 11.5 Å². The van der Waals surface area contributed by atoms with E-state index in [-0.39, 0.29) is 22.8 Å². The summed E-state index contributed by atoms with van der Waals surface area (Å²) in [5.41, 5.74) is 1.60. The fraction of sp³-hybridized carbons (Fsp3) is 0.176. The van der Waals surface area contributed by atoms with E-state index in [4.69, 9.17) is 10.4 Å². The quantitative estimate of drug-likeness (QED) is 0.275. The Morgan fingerprint density at radius 2 is 1.75 bits per heavy atom. The van der Waals surface area contributed by atoms with Crippen molar-refractivity contribution in [3.63, 3.8) is 0 Å². The van der Waals surface area contributed by atoms with Gasteiger partial charge < -0.3 is 15.3 Å². The first-order valence-electron chi connectivity index (χ1n) is 7.37. The molecule has 6 nitrogen and oxygen atoms in total. The zero-order valence-electron chi connectivity index (χ0n) is 13.5. The minimum Gasteiger partial charge on any atom is -0.424 e. The largest absolute Gasteiger partial charge is 0.424 e. The summed E-state index contributed by atoms with van der Waals surface area (Å²) in [5.74, 6) is 5.16. The number of Topliss-reactive ketones (excluding diaryl/α,β-unsaturated/α-hetero) is 1. The first kappa shape index (κ1) is 17.9. The first-order valence-corrected chi connectivity index (χ1v) is 9.39. The fourth-order valence-electron chi connectivity index (χ4n) is 2.35. The molecular weight excluding hydrogens is 327 g/mol. The highest BCUT2D eigenvalue weighted by Crippen LogP contribution is 2.39. The van der Waals surface area contributed by atoms with Gasteiger partial charge in [0.25, 0.3) is 0 Å². The molecule has 0 aromatic heterocycles. The molecule has 2 aromatic rings. The standard InChI is InChI=1S/C17H19N2O4P/c1-3-12-8-4-5-9-13(12)17(20)16(19-18)14-10-6-7-11-15(14)23-24(2,21)22/h4-11H,3,18H2,1-2H3,(H,21,22)/b19-16+. The number of hydrazone groups is 1. The Labute approximate surface area is 140 Å². The Morgan fingerprint density at radius 1 is 1.17 bits per heavy atom. The fourth-order valence-corrected chi connectivity index (χ4v) is 2.88. The summed E-state index contributed by atoms with van der Waals surface area (Å²) in [4.78, 5) is 22.3. The van der Waals surface area contributed by atoms with Gasteiger partial charge in [0.2, 0.25) is 5.78 Å². The molecule has 2 rings (SSSR count). The second kappa shape index (κ2) is 7.43. The van der Waals surface area contributed by atoms with Gasteiger partial charge in [0, 0.05) is 17.8 Å². The van der Waals surface area contributed by atoms with Crippen molar-refractivity contribution < 1.29 is 18.8 Å². The zero-order chi connectivity index (χ0) is 17.7. The molecule has 24 heavy (non-hydrogen) atoms. The molecule has 0 aliphatic heterocycles. The highest BCUT2D eigenvalue weighted by atomic mass is 31.2. The highest BCUT2D eigenvalue weighted by Gasteiger charge is 2.23. The molecule has 1 atom stereocenters. The Bertz CT molecular complexity index is 827. The van der Waals surface area contributed by atoms with Crippen molar-refractivity contribution in [2.24, 2.45) is 10.9 Å². The van der Waals surface area contributed by atoms with Crippen LogP contribution >= 0.6 is 7.60 Å². The second-order valence-electron chi connectivity index (χ2n) is 5.21. The van der Waals surface area contributed by atoms with E-state index in [1.165, 1.54) is 6.07 Å². The van der Waals surface area contributed by atoms with Crippen LogP contribution in [0.4, 0.5) is 0 Å². The van der Waals surface area contributed by atoms with Crippen LogP contribution in [0.15, 0.2) is 53.6 Å². The zero-order valence-corrected chi connectivity index (χ0v) is 14.4. The van der Waals surface area contributed by atoms with Crippen molar-refractivity contribution in [2.45, 2.75) is 13.3 Å². The van der Waals surface area contributed by atoms with Gasteiger partial charge in [-0.1, -0.05) is 43.3 Å². The minimum atomic E-state index is -3.79. The molecule has 0 spiro atoms. The molecule has 0 aliphatic rings. The van der Waals surface area contributed by atoms with Crippen LogP contribution in [-0.4, -0.2) is 23.1 Å². The monoisotopic (exact) mass is 346 g/mol. The Kier molecular flexibility index (Phi) is 5.54. The molecule has 0 fully saturated rings. The molecule has 0 amide bonds. The van der Waals surface area contributed by atoms with E-state index < -0.39 is 7.60 Å². The van der Waals surface area contributed by atoms with E-state index in [9.17, 15) is 14.3 Å². The smallest absolute Gasteiger partial charge is 0.373 e. The van der Waals surface area contributed by atoms with E-state index in [1.54, 1.807) is 30.3 Å². The van der Waals surface area contributed by atoms with Crippen LogP contribution in [0, 0.1) is 0 Å². The van der Waals surface area contributed by atoms with Gasteiger partial charge in [0.15, 0.2) is 0 Å². The second-order valence-corrected chi connectivity index (χ2v) is 7.00. The van der Waals surface area contributed by atoms with E-state index >= 15 is 0 Å². The molecule has 0 saturated heterocycles. The average Bonchev–Trinajstić information content (AvgIpc) is 2.55. The third-order valence-electron chi connectivity index (χ3n) is 3.40. The van der Waals surface area contributed by atoms with Crippen LogP contribution in [0.5, 0.6) is 5.75 Å². The molecule has 126 valence electrons. The van der Waals surface area contributed by atoms with Crippen LogP contribution in [0.25, 0.3) is 0 Å². The molecule has 0 radical (unpaired) electrons. The molecule has 0 saturated carbocycles. The lowest BCUT2D eigenvalue weighted by atomic mass is 9.95. The molecule has 1 unspecified atom stereocenters. The predicted octanol–water partition coefficient (Wildman–Crippen LogP) is 2.99. The third-order valence-corrected chi connectivity index (χ3v) is 3.93. The molecule has 0 heterocycles. The number of carbonyl (C=O) groups is 1. The maximum Gasteiger partial charge on any atom is 0.373 e. The maximum atomic E-state index is 12.9. The van der Waals surface area contributed by atoms with Crippen molar-refractivity contribution in [1.82, 2.24) is 0 Å². The van der Waals surface area contributed by atoms with Crippen molar-refractivity contribution in [3.8, 4) is 5.75 Å². The number of nitrogens with zero attached hydrogens (tertiary/aromatic N) is 1. The molecule has 2 aromatic carbocycles. The van der Waals surface area contributed by atoms with Gasteiger partial charge in [-0.3, -0.25) is 4.79 Å². The Hall–Kier alpha value is -2.43. The summed E-state index contributed by atoms with van der Waals surface area (Å²) in [7, 11) is -3.79. The van der Waals surface area contributed by atoms with Gasteiger partial charge in [0.05, 0.1) is 0 Å². The predicted molar refractivity (Wildman–Crippen MR) is 93.7 cm³/mol. The number of benzene rings is 2. The summed E-state index contributed by atoms with van der Waals surface area (Å²) in [6.07, 6.45) is 0.679. The van der Waals surface area contributed by atoms with Crippen molar-refractivity contribution in [1.29, 1.82) is 0 Å². The van der Waals surface area contributed by atoms with Gasteiger partial charge in [-0.15, -0.1) is 0 Å². The van der Waals surface area contributed by atoms with E-state index in [0.29, 0.717) is 12.0 Å². The number of carbonyl (C=O) groups excluding carboxylic acids is 1. The number of para-hydroxylation sites is 1. The number of ketones is 1. The summed E-state index contributed by atoms with van der Waals surface area (Å²) in [6.45, 7) is 3.01. The number of hydrogen-bond acceptors (Lipinski definition) is 5. The van der Waals surface area contributed by atoms with Crippen LogP contribution in [0.2, 0.25) is 0 Å². The average molecular weight is 346 g/mol. The maximum absolute atomic E-state index is 12.9. The summed E-state index contributed by atoms with van der Waals surface area (Å²) >= 11 is 0. The van der Waals surface area contributed by atoms with Crippen molar-refractivity contribution in [3.05, 3.63) is 65.2 Å². The lowest BCUT2D eigenvalue weighted by molar-refractivity contribution is 0.106. The normalized spacial score (nSPS) is 14.0. The van der Waals surface area contributed by atoms with E-state index in [2.05, 4.69) is 5.10 Å². The summed E-state index contributed by atoms with van der Waals surface area (Å²) in [6, 6.07) is 13.5. The lowest BCUT2D eigenvalue weighted by Crippen LogP contribution is -2.20. The first-order chi connectivity index (χ1) is 11.4. The summed E-state index contributed by atoms with van der Waals surface area (Å²) < 4.78 is 16.6. The Morgan fingerprint density at radius 3 is 2.33 bits per heavy atom. The SMILES string of the molecule is CCc1ccccc1C(=O)/C(=N/N)c1ccccc1OP(C)(=O)O. The molecule has 7 heteroatoms. The number of nitrogens with two attached hydrogens (primary N) is 1. The van der Waals surface area contributed by atoms with Crippen LogP contribution < -0.4 is 10.4 Å². The van der Waals surface area contributed by atoms with Gasteiger partial charge in [-0.25, -0.2) is 4.57 Å². The topological polar surface area (TPSA) is 102 Å². The van der Waals surface area contributed by atoms with Gasteiger partial charge in [-0.2, -0.15) is 5.10 Å². The van der Waals surface area contributed by atoms with Crippen molar-refractivity contribution in [2.75, 3.05) is 6.66 Å². The van der Waals surface area contributed by atoms with E-state index in [1.807, 2.05) is 19.1 Å². The Balaban J connectivity index is 2.50. The molecule has 0 bridgehead atoms. The minimum absolute atomic E-state index is 0.0278. The molecule has 3 N–H and O–H groups in total. The third kappa shape index (κ3) is 4.10. The molecule has 0 aliphatic carbocycles. The van der Waals surface area contributed by atoms with Crippen LogP contribution in [-0.2, 0) is 11.0 Å². The molecular formula is C17H19N2O4P. The van der Waals surface area contributed by atoms with Crippen molar-refractivity contribution >= 4 is 19.1 Å². The number of hydrogen-bond donors (Lipinski definition) is 2. The summed E-state index contributed by atoms with van der Waals surface area (Å²) in [5, 5.41) is 3.62. The van der Waals surface area contributed by atoms with Gasteiger partial charge >= 0.3 is 7.60 Å². The number of rotatable bonds is 6.